The van der Waals surface area contributed by atoms with Gasteiger partial charge in [-0.1, -0.05) is 50.2 Å². The number of nitrogens with zero attached hydrogens (tertiary/aromatic N) is 2. The highest BCUT2D eigenvalue weighted by molar-refractivity contribution is 7.99. The summed E-state index contributed by atoms with van der Waals surface area (Å²) in [7, 11) is 0. The van der Waals surface area contributed by atoms with E-state index in [0.717, 1.165) is 42.2 Å². The number of hydrogen-bond acceptors (Lipinski definition) is 6. The normalized spacial score (nSPS) is 16.6. The summed E-state index contributed by atoms with van der Waals surface area (Å²) in [5.74, 6) is -0.853. The van der Waals surface area contributed by atoms with Gasteiger partial charge in [-0.15, -0.1) is 11.3 Å². The van der Waals surface area contributed by atoms with Gasteiger partial charge < -0.3 is 9.90 Å². The number of carboxylic acids is 1. The van der Waals surface area contributed by atoms with E-state index in [1.807, 2.05) is 31.2 Å². The molecule has 2 heterocycles. The number of carbonyl (C=O) groups is 1. The molecule has 0 amide bonds. The minimum absolute atomic E-state index is 0.114. The van der Waals surface area contributed by atoms with Gasteiger partial charge in [0.1, 0.15) is 4.83 Å². The molecule has 7 heteroatoms. The van der Waals surface area contributed by atoms with Gasteiger partial charge in [0.15, 0.2) is 5.16 Å². The maximum absolute atomic E-state index is 13.6. The zero-order valence-electron chi connectivity index (χ0n) is 17.7. The fourth-order valence-electron chi connectivity index (χ4n) is 4.09. The molecule has 1 aliphatic rings. The van der Waals surface area contributed by atoms with Gasteiger partial charge in [0.25, 0.3) is 5.56 Å². The second-order valence-electron chi connectivity index (χ2n) is 9.02. The summed E-state index contributed by atoms with van der Waals surface area (Å²) in [5.41, 5.74) is 3.02. The monoisotopic (exact) mass is 441 g/mol. The SMILES string of the molecule is Cc1ccc(-n2c(SCC(=O)[O-])nc3sc4c(c3c2=O)CC[C@H](C(C)(C)C)C4)cc1. The van der Waals surface area contributed by atoms with Crippen molar-refractivity contribution in [3.05, 3.63) is 50.6 Å². The number of aryl methyl sites for hydroxylation is 2. The van der Waals surface area contributed by atoms with Crippen LogP contribution < -0.4 is 10.7 Å². The third-order valence-corrected chi connectivity index (χ3v) is 7.95. The van der Waals surface area contributed by atoms with E-state index in [1.54, 1.807) is 15.9 Å². The molecule has 2 aromatic heterocycles. The van der Waals surface area contributed by atoms with E-state index in [2.05, 4.69) is 20.8 Å². The predicted molar refractivity (Wildman–Crippen MR) is 121 cm³/mol. The summed E-state index contributed by atoms with van der Waals surface area (Å²) in [6, 6.07) is 7.63. The average molecular weight is 442 g/mol. The molecule has 1 aromatic carbocycles. The van der Waals surface area contributed by atoms with E-state index in [1.165, 1.54) is 4.88 Å². The molecule has 0 fully saturated rings. The molecule has 30 heavy (non-hydrogen) atoms. The molecule has 5 nitrogen and oxygen atoms in total. The molecule has 0 N–H and O–H groups in total. The number of carboxylic acid groups (broad SMARTS) is 1. The number of thiophene rings is 1. The summed E-state index contributed by atoms with van der Waals surface area (Å²) in [6.45, 7) is 8.80. The molecule has 0 saturated carbocycles. The molecule has 0 aliphatic heterocycles. The quantitative estimate of drug-likeness (QED) is 0.455. The third kappa shape index (κ3) is 3.93. The third-order valence-electron chi connectivity index (χ3n) is 5.89. The van der Waals surface area contributed by atoms with Gasteiger partial charge in [0.05, 0.1) is 17.0 Å². The summed E-state index contributed by atoms with van der Waals surface area (Å²) in [5, 5.41) is 12.1. The van der Waals surface area contributed by atoms with Gasteiger partial charge in [-0.2, -0.15) is 0 Å². The average Bonchev–Trinajstić information content (AvgIpc) is 3.04. The lowest BCUT2D eigenvalue weighted by Gasteiger charge is -2.33. The van der Waals surface area contributed by atoms with Crippen molar-refractivity contribution in [2.24, 2.45) is 11.3 Å². The lowest BCUT2D eigenvalue weighted by Crippen LogP contribution is -2.27. The number of fused-ring (bicyclic) bond motifs is 3. The maximum Gasteiger partial charge on any atom is 0.267 e. The number of rotatable bonds is 4. The molecule has 158 valence electrons. The Labute approximate surface area is 184 Å². The molecule has 1 aliphatic carbocycles. The van der Waals surface area contributed by atoms with Crippen LogP contribution in [-0.2, 0) is 17.6 Å². The van der Waals surface area contributed by atoms with E-state index in [4.69, 9.17) is 4.98 Å². The Kier molecular flexibility index (Phi) is 5.53. The van der Waals surface area contributed by atoms with Crippen LogP contribution >= 0.6 is 23.1 Å². The van der Waals surface area contributed by atoms with Crippen molar-refractivity contribution in [3.63, 3.8) is 0 Å². The minimum Gasteiger partial charge on any atom is -0.549 e. The predicted octanol–water partition coefficient (Wildman–Crippen LogP) is 3.75. The molecule has 1 atom stereocenters. The summed E-state index contributed by atoms with van der Waals surface area (Å²) < 4.78 is 1.55. The van der Waals surface area contributed by atoms with Crippen molar-refractivity contribution in [3.8, 4) is 5.69 Å². The van der Waals surface area contributed by atoms with E-state index in [9.17, 15) is 14.7 Å². The second-order valence-corrected chi connectivity index (χ2v) is 11.0. The van der Waals surface area contributed by atoms with Crippen LogP contribution in [0.2, 0.25) is 0 Å². The largest absolute Gasteiger partial charge is 0.549 e. The molecule has 0 unspecified atom stereocenters. The fourth-order valence-corrected chi connectivity index (χ4v) is 6.16. The Balaban J connectivity index is 1.90. The Morgan fingerprint density at radius 1 is 1.30 bits per heavy atom. The van der Waals surface area contributed by atoms with Crippen molar-refractivity contribution in [2.45, 2.75) is 52.1 Å². The molecule has 0 bridgehead atoms. The Morgan fingerprint density at radius 3 is 2.63 bits per heavy atom. The van der Waals surface area contributed by atoms with Gasteiger partial charge in [-0.3, -0.25) is 9.36 Å². The van der Waals surface area contributed by atoms with Gasteiger partial charge in [-0.05, 0) is 55.2 Å². The zero-order chi connectivity index (χ0) is 21.6. The van der Waals surface area contributed by atoms with Gasteiger partial charge in [-0.25, -0.2) is 4.98 Å². The van der Waals surface area contributed by atoms with Gasteiger partial charge in [0, 0.05) is 10.6 Å². The zero-order valence-corrected chi connectivity index (χ0v) is 19.3. The van der Waals surface area contributed by atoms with Crippen molar-refractivity contribution in [1.82, 2.24) is 9.55 Å². The Bertz CT molecular complexity index is 1170. The first-order valence-corrected chi connectivity index (χ1v) is 11.9. The van der Waals surface area contributed by atoms with Crippen LogP contribution in [-0.4, -0.2) is 21.3 Å². The van der Waals surface area contributed by atoms with E-state index in [0.29, 0.717) is 27.0 Å². The molecule has 0 radical (unpaired) electrons. The van der Waals surface area contributed by atoms with Crippen LogP contribution in [0.5, 0.6) is 0 Å². The van der Waals surface area contributed by atoms with Crippen LogP contribution in [0.1, 0.15) is 43.2 Å². The van der Waals surface area contributed by atoms with Gasteiger partial charge >= 0.3 is 0 Å². The van der Waals surface area contributed by atoms with Crippen LogP contribution in [0.15, 0.2) is 34.2 Å². The highest BCUT2D eigenvalue weighted by Gasteiger charge is 2.32. The second kappa shape index (κ2) is 7.85. The molecule has 0 spiro atoms. The van der Waals surface area contributed by atoms with Crippen LogP contribution in [0.25, 0.3) is 15.9 Å². The first-order chi connectivity index (χ1) is 14.1. The summed E-state index contributed by atoms with van der Waals surface area (Å²) in [4.78, 5) is 31.4. The lowest BCUT2D eigenvalue weighted by atomic mass is 9.72. The number of hydrogen-bond donors (Lipinski definition) is 0. The first-order valence-electron chi connectivity index (χ1n) is 10.1. The van der Waals surface area contributed by atoms with Crippen LogP contribution in [0.3, 0.4) is 0 Å². The molecule has 4 rings (SSSR count). The van der Waals surface area contributed by atoms with Gasteiger partial charge in [0.2, 0.25) is 0 Å². The molecule has 0 saturated heterocycles. The molecular weight excluding hydrogens is 416 g/mol. The smallest absolute Gasteiger partial charge is 0.267 e. The van der Waals surface area contributed by atoms with E-state index >= 15 is 0 Å². The summed E-state index contributed by atoms with van der Waals surface area (Å²) >= 11 is 2.62. The van der Waals surface area contributed by atoms with E-state index < -0.39 is 5.97 Å². The number of benzene rings is 1. The highest BCUT2D eigenvalue weighted by atomic mass is 32.2. The molecular formula is C23H25N2O3S2-. The molecule has 3 aromatic rings. The van der Waals surface area contributed by atoms with E-state index in [-0.39, 0.29) is 16.7 Å². The van der Waals surface area contributed by atoms with Crippen LogP contribution in [0.4, 0.5) is 0 Å². The fraction of sp³-hybridized carbons (Fsp3) is 0.435. The topological polar surface area (TPSA) is 75.0 Å². The lowest BCUT2D eigenvalue weighted by molar-refractivity contribution is -0.301. The number of aromatic nitrogens is 2. The summed E-state index contributed by atoms with van der Waals surface area (Å²) in [6.07, 6.45) is 2.91. The standard InChI is InChI=1S/C23H26N2O3S2/c1-13-5-8-15(9-6-13)25-21(28)19-16-10-7-14(23(2,3)4)11-17(16)30-20(19)24-22(25)29-12-18(26)27/h5-6,8-9,14H,7,10-12H2,1-4H3,(H,26,27)/p-1/t14-/m0/s1. The first kappa shape index (κ1) is 21.1. The van der Waals surface area contributed by atoms with Crippen molar-refractivity contribution in [2.75, 3.05) is 5.75 Å². The minimum atomic E-state index is -1.18. The van der Waals surface area contributed by atoms with Crippen molar-refractivity contribution in [1.29, 1.82) is 0 Å². The number of thioether (sulfide) groups is 1. The number of carbonyl (C=O) groups excluding carboxylic acids is 1. The Hall–Kier alpha value is -2.12. The van der Waals surface area contributed by atoms with Crippen molar-refractivity contribution < 1.29 is 9.90 Å². The highest BCUT2D eigenvalue weighted by Crippen LogP contribution is 2.42. The maximum atomic E-state index is 13.6. The number of aliphatic carboxylic acids is 1. The van der Waals surface area contributed by atoms with Crippen molar-refractivity contribution >= 4 is 39.3 Å². The Morgan fingerprint density at radius 2 is 2.00 bits per heavy atom. The van der Waals surface area contributed by atoms with Crippen LogP contribution in [0, 0.1) is 18.3 Å².